The topological polar surface area (TPSA) is 75.6 Å². The van der Waals surface area contributed by atoms with Crippen LogP contribution in [0.3, 0.4) is 0 Å². The van der Waals surface area contributed by atoms with Crippen molar-refractivity contribution in [2.24, 2.45) is 0 Å². The van der Waals surface area contributed by atoms with Gasteiger partial charge in [-0.3, -0.25) is 4.79 Å². The first kappa shape index (κ1) is 15.0. The van der Waals surface area contributed by atoms with Gasteiger partial charge in [-0.15, -0.1) is 11.3 Å². The number of amides is 1. The molecule has 0 atom stereocenters. The number of thiophene rings is 1. The maximum absolute atomic E-state index is 11.8. The molecule has 0 unspecified atom stereocenters. The molecule has 110 valence electrons. The summed E-state index contributed by atoms with van der Waals surface area (Å²) in [5.74, 6) is -1.25. The minimum atomic E-state index is -1.00. The Kier molecular flexibility index (Phi) is 5.55. The van der Waals surface area contributed by atoms with E-state index in [-0.39, 0.29) is 10.8 Å². The minimum Gasteiger partial charge on any atom is -0.477 e. The van der Waals surface area contributed by atoms with E-state index in [9.17, 15) is 9.59 Å². The van der Waals surface area contributed by atoms with Crippen LogP contribution < -0.4 is 5.32 Å². The number of hydrogen-bond donors (Lipinski definition) is 2. The van der Waals surface area contributed by atoms with Gasteiger partial charge >= 0.3 is 5.97 Å². The molecule has 0 bridgehead atoms. The summed E-state index contributed by atoms with van der Waals surface area (Å²) in [6.07, 6.45) is 6.30. The molecular formula is C14H19NO4S. The van der Waals surface area contributed by atoms with E-state index in [4.69, 9.17) is 9.84 Å². The molecule has 0 aliphatic heterocycles. The van der Waals surface area contributed by atoms with Crippen molar-refractivity contribution in [2.45, 2.75) is 38.2 Å². The van der Waals surface area contributed by atoms with Crippen molar-refractivity contribution in [3.8, 4) is 0 Å². The molecule has 5 nitrogen and oxygen atoms in total. The molecule has 1 heterocycles. The molecule has 1 aromatic heterocycles. The lowest BCUT2D eigenvalue weighted by atomic mass is 9.98. The second-order valence-corrected chi connectivity index (χ2v) is 5.94. The fourth-order valence-electron chi connectivity index (χ4n) is 2.28. The molecule has 1 aromatic rings. The van der Waals surface area contributed by atoms with E-state index in [1.807, 2.05) is 0 Å². The molecule has 20 heavy (non-hydrogen) atoms. The van der Waals surface area contributed by atoms with E-state index in [2.05, 4.69) is 5.32 Å². The summed E-state index contributed by atoms with van der Waals surface area (Å²) in [4.78, 5) is 23.1. The van der Waals surface area contributed by atoms with Crippen LogP contribution in [-0.2, 0) is 4.74 Å². The number of carbonyl (C=O) groups is 2. The van der Waals surface area contributed by atoms with E-state index < -0.39 is 5.97 Å². The molecule has 2 rings (SSSR count). The Hall–Kier alpha value is -1.40. The van der Waals surface area contributed by atoms with Gasteiger partial charge in [-0.25, -0.2) is 4.79 Å². The highest BCUT2D eigenvalue weighted by molar-refractivity contribution is 7.15. The molecule has 1 saturated carbocycles. The fraction of sp³-hybridized carbons (Fsp3) is 0.571. The van der Waals surface area contributed by atoms with Crippen LogP contribution in [0, 0.1) is 0 Å². The first-order chi connectivity index (χ1) is 9.66. The first-order valence-electron chi connectivity index (χ1n) is 6.90. The average Bonchev–Trinajstić information content (AvgIpc) is 2.94. The summed E-state index contributed by atoms with van der Waals surface area (Å²) in [5, 5.41) is 11.5. The third-order valence-electron chi connectivity index (χ3n) is 3.33. The highest BCUT2D eigenvalue weighted by atomic mass is 32.1. The number of nitrogens with one attached hydrogen (secondary N) is 1. The Balaban J connectivity index is 1.67. The number of carboxylic acids is 1. The smallest absolute Gasteiger partial charge is 0.345 e. The van der Waals surface area contributed by atoms with Gasteiger partial charge in [0.2, 0.25) is 0 Å². The van der Waals surface area contributed by atoms with Crippen LogP contribution in [0.15, 0.2) is 12.1 Å². The van der Waals surface area contributed by atoms with E-state index in [0.717, 1.165) is 24.2 Å². The number of carboxylic acid groups (broad SMARTS) is 1. The van der Waals surface area contributed by atoms with Gasteiger partial charge in [0.05, 0.1) is 17.6 Å². The van der Waals surface area contributed by atoms with Gasteiger partial charge in [0, 0.05) is 6.54 Å². The molecule has 0 aromatic carbocycles. The predicted octanol–water partition coefficient (Wildman–Crippen LogP) is 2.53. The van der Waals surface area contributed by atoms with E-state index in [0.29, 0.717) is 24.1 Å². The third-order valence-corrected chi connectivity index (χ3v) is 4.41. The van der Waals surface area contributed by atoms with Crippen molar-refractivity contribution >= 4 is 23.2 Å². The van der Waals surface area contributed by atoms with E-state index in [1.54, 1.807) is 0 Å². The molecule has 1 aliphatic rings. The summed E-state index contributed by atoms with van der Waals surface area (Å²) < 4.78 is 5.71. The predicted molar refractivity (Wildman–Crippen MR) is 76.4 cm³/mol. The van der Waals surface area contributed by atoms with Crippen LogP contribution in [0.25, 0.3) is 0 Å². The lowest BCUT2D eigenvalue weighted by Crippen LogP contribution is -2.28. The lowest BCUT2D eigenvalue weighted by molar-refractivity contribution is 0.0300. The van der Waals surface area contributed by atoms with Gasteiger partial charge < -0.3 is 15.2 Å². The molecule has 6 heteroatoms. The number of carbonyl (C=O) groups excluding carboxylic acids is 1. The summed E-state index contributed by atoms with van der Waals surface area (Å²) in [7, 11) is 0. The van der Waals surface area contributed by atoms with Gasteiger partial charge in [-0.2, -0.15) is 0 Å². The molecule has 2 N–H and O–H groups in total. The molecule has 1 aliphatic carbocycles. The summed E-state index contributed by atoms with van der Waals surface area (Å²) in [5.41, 5.74) is 0. The normalized spacial score (nSPS) is 16.0. The fourth-order valence-corrected chi connectivity index (χ4v) is 3.05. The molecule has 0 radical (unpaired) electrons. The van der Waals surface area contributed by atoms with Crippen molar-refractivity contribution in [3.63, 3.8) is 0 Å². The monoisotopic (exact) mass is 297 g/mol. The quantitative estimate of drug-likeness (QED) is 0.791. The van der Waals surface area contributed by atoms with Crippen molar-refractivity contribution < 1.29 is 19.4 Å². The maximum Gasteiger partial charge on any atom is 0.345 e. The third kappa shape index (κ3) is 4.31. The zero-order valence-electron chi connectivity index (χ0n) is 11.3. The summed E-state index contributed by atoms with van der Waals surface area (Å²) >= 11 is 0.983. The molecule has 0 spiro atoms. The van der Waals surface area contributed by atoms with Crippen LogP contribution >= 0.6 is 11.3 Å². The largest absolute Gasteiger partial charge is 0.477 e. The van der Waals surface area contributed by atoms with Crippen molar-refractivity contribution in [1.29, 1.82) is 0 Å². The van der Waals surface area contributed by atoms with Crippen LogP contribution in [0.5, 0.6) is 0 Å². The first-order valence-corrected chi connectivity index (χ1v) is 7.71. The molecule has 0 saturated heterocycles. The second-order valence-electron chi connectivity index (χ2n) is 4.86. The number of ether oxygens (including phenoxy) is 1. The van der Waals surface area contributed by atoms with Gasteiger partial charge in [-0.05, 0) is 25.0 Å². The van der Waals surface area contributed by atoms with E-state index in [1.165, 1.54) is 31.4 Å². The zero-order chi connectivity index (χ0) is 14.4. The Morgan fingerprint density at radius 1 is 1.25 bits per heavy atom. The number of hydrogen-bond acceptors (Lipinski definition) is 4. The van der Waals surface area contributed by atoms with Crippen LogP contribution in [0.1, 0.15) is 51.4 Å². The SMILES string of the molecule is O=C(O)c1ccc(C(=O)NCCOC2CCCCC2)s1. The summed E-state index contributed by atoms with van der Waals surface area (Å²) in [6, 6.07) is 2.98. The standard InChI is InChI=1S/C14H19NO4S/c16-13(11-6-7-12(20-11)14(17)18)15-8-9-19-10-4-2-1-3-5-10/h6-7,10H,1-5,8-9H2,(H,15,16)(H,17,18). The lowest BCUT2D eigenvalue weighted by Gasteiger charge is -2.21. The average molecular weight is 297 g/mol. The Morgan fingerprint density at radius 3 is 2.60 bits per heavy atom. The van der Waals surface area contributed by atoms with Crippen molar-refractivity contribution in [2.75, 3.05) is 13.2 Å². The van der Waals surface area contributed by atoms with Crippen molar-refractivity contribution in [1.82, 2.24) is 5.32 Å². The Labute approximate surface area is 121 Å². The van der Waals surface area contributed by atoms with Crippen LogP contribution in [-0.4, -0.2) is 36.2 Å². The van der Waals surface area contributed by atoms with Crippen LogP contribution in [0.2, 0.25) is 0 Å². The minimum absolute atomic E-state index is 0.175. The summed E-state index contributed by atoms with van der Waals surface area (Å²) in [6.45, 7) is 0.962. The number of rotatable bonds is 6. The Morgan fingerprint density at radius 2 is 1.95 bits per heavy atom. The number of aromatic carboxylic acids is 1. The highest BCUT2D eigenvalue weighted by Crippen LogP contribution is 2.20. The van der Waals surface area contributed by atoms with E-state index >= 15 is 0 Å². The van der Waals surface area contributed by atoms with Gasteiger partial charge in [-0.1, -0.05) is 19.3 Å². The molecule has 1 amide bonds. The van der Waals surface area contributed by atoms with Gasteiger partial charge in [0.15, 0.2) is 0 Å². The molecule has 1 fully saturated rings. The maximum atomic E-state index is 11.8. The zero-order valence-corrected chi connectivity index (χ0v) is 12.1. The van der Waals surface area contributed by atoms with Crippen molar-refractivity contribution in [3.05, 3.63) is 21.9 Å². The van der Waals surface area contributed by atoms with Gasteiger partial charge in [0.1, 0.15) is 4.88 Å². The van der Waals surface area contributed by atoms with Crippen LogP contribution in [0.4, 0.5) is 0 Å². The molecular weight excluding hydrogens is 278 g/mol. The van der Waals surface area contributed by atoms with Gasteiger partial charge in [0.25, 0.3) is 5.91 Å². The second kappa shape index (κ2) is 7.40. The Bertz CT molecular complexity index is 465. The highest BCUT2D eigenvalue weighted by Gasteiger charge is 2.14.